The molecule has 0 fully saturated rings. The molecule has 0 unspecified atom stereocenters. The van der Waals surface area contributed by atoms with Gasteiger partial charge in [-0.2, -0.15) is 0 Å². The van der Waals surface area contributed by atoms with E-state index in [1.54, 1.807) is 36.4 Å². The Labute approximate surface area is 335 Å². The molecule has 0 spiro atoms. The van der Waals surface area contributed by atoms with Gasteiger partial charge in [0.2, 0.25) is 0 Å². The largest absolute Gasteiger partial charge is 0.508 e. The van der Waals surface area contributed by atoms with Crippen LogP contribution in [0, 0.1) is 0 Å². The van der Waals surface area contributed by atoms with Gasteiger partial charge < -0.3 is 30.3 Å². The number of phenols is 2. The van der Waals surface area contributed by atoms with Crippen molar-refractivity contribution in [3.63, 3.8) is 0 Å². The van der Waals surface area contributed by atoms with E-state index in [0.29, 0.717) is 35.7 Å². The number of rotatable bonds is 11. The molecule has 0 heterocycles. The molecule has 0 aliphatic rings. The SMILES string of the molecule is BrCc1ccccc1.O=C(Nc1ccc(O)cc1)c1ccc(O)cc1.O=C(Nc1ccc(OCc2ccccc2)cc1)c1ccc(OCc2ccccc2)cc1. The Bertz CT molecular complexity index is 2200. The normalized spacial score (nSPS) is 10.0. The topological polar surface area (TPSA) is 117 Å². The zero-order valence-corrected chi connectivity index (χ0v) is 32.0. The van der Waals surface area contributed by atoms with Crippen LogP contribution in [0.25, 0.3) is 0 Å². The molecule has 0 atom stereocenters. The first-order valence-electron chi connectivity index (χ1n) is 17.7. The van der Waals surface area contributed by atoms with E-state index in [2.05, 4.69) is 38.7 Å². The molecule has 56 heavy (non-hydrogen) atoms. The van der Waals surface area contributed by atoms with E-state index in [-0.39, 0.29) is 23.3 Å². The lowest BCUT2D eigenvalue weighted by molar-refractivity contribution is 0.101. The summed E-state index contributed by atoms with van der Waals surface area (Å²) in [5.41, 5.74) is 5.86. The Morgan fingerprint density at radius 2 is 0.750 bits per heavy atom. The Morgan fingerprint density at radius 1 is 0.429 bits per heavy atom. The average Bonchev–Trinajstić information content (AvgIpc) is 3.25. The lowest BCUT2D eigenvalue weighted by Crippen LogP contribution is -2.11. The second kappa shape index (κ2) is 21.8. The van der Waals surface area contributed by atoms with Crippen LogP contribution in [0.4, 0.5) is 11.4 Å². The van der Waals surface area contributed by atoms with E-state index >= 15 is 0 Å². The zero-order chi connectivity index (χ0) is 39.4. The maximum atomic E-state index is 12.5. The highest BCUT2D eigenvalue weighted by Crippen LogP contribution is 2.20. The Hall–Kier alpha value is -6.84. The fraction of sp³-hybridized carbons (Fsp3) is 0.0638. The molecule has 0 saturated carbocycles. The Morgan fingerprint density at radius 3 is 1.12 bits per heavy atom. The standard InChI is InChI=1S/C27H23NO3.C13H11NO3.C7H7Br/c29-27(23-11-15-25(16-12-23)30-19-21-7-3-1-4-8-21)28-24-13-17-26(18-14-24)31-20-22-9-5-2-6-10-22;15-11-5-1-9(2-6-11)13(17)14-10-3-7-12(16)8-4-10;8-6-7-4-2-1-3-5-7/h1-18H,19-20H2,(H,28,29);1-8,15-16H,(H,14,17);1-5H,6H2. The Kier molecular flexibility index (Phi) is 15.7. The molecule has 0 radical (unpaired) electrons. The van der Waals surface area contributed by atoms with Crippen molar-refractivity contribution in [1.29, 1.82) is 0 Å². The summed E-state index contributed by atoms with van der Waals surface area (Å²) in [5.74, 6) is 1.30. The van der Waals surface area contributed by atoms with Gasteiger partial charge in [0.1, 0.15) is 36.2 Å². The number of nitrogens with one attached hydrogen (secondary N) is 2. The van der Waals surface area contributed by atoms with Crippen LogP contribution in [-0.4, -0.2) is 22.0 Å². The lowest BCUT2D eigenvalue weighted by Gasteiger charge is -2.09. The third-order valence-electron chi connectivity index (χ3n) is 7.98. The van der Waals surface area contributed by atoms with Gasteiger partial charge in [-0.3, -0.25) is 9.59 Å². The van der Waals surface area contributed by atoms with Crippen molar-refractivity contribution in [3.8, 4) is 23.0 Å². The van der Waals surface area contributed by atoms with Gasteiger partial charge in [-0.15, -0.1) is 0 Å². The first kappa shape index (κ1) is 40.3. The molecule has 0 aliphatic heterocycles. The molecular formula is C47H41BrN2O6. The molecule has 8 nitrogen and oxygen atoms in total. The molecule has 282 valence electrons. The second-order valence-corrected chi connectivity index (χ2v) is 12.8. The number of hydrogen-bond donors (Lipinski definition) is 4. The van der Waals surface area contributed by atoms with Gasteiger partial charge in [-0.1, -0.05) is 107 Å². The molecule has 7 aromatic rings. The number of carbonyl (C=O) groups excluding carboxylic acids is 2. The minimum Gasteiger partial charge on any atom is -0.508 e. The van der Waals surface area contributed by atoms with E-state index in [0.717, 1.165) is 28.0 Å². The van der Waals surface area contributed by atoms with Crippen LogP contribution >= 0.6 is 15.9 Å². The third kappa shape index (κ3) is 13.9. The molecule has 2 amide bonds. The molecule has 7 rings (SSSR count). The fourth-order valence-electron chi connectivity index (χ4n) is 4.95. The summed E-state index contributed by atoms with van der Waals surface area (Å²) in [4.78, 5) is 24.3. The molecule has 7 aromatic carbocycles. The quantitative estimate of drug-likeness (QED) is 0.0764. The molecule has 0 saturated heterocycles. The van der Waals surface area contributed by atoms with Crippen LogP contribution in [0.2, 0.25) is 0 Å². The van der Waals surface area contributed by atoms with E-state index in [9.17, 15) is 9.59 Å². The average molecular weight is 810 g/mol. The van der Waals surface area contributed by atoms with E-state index in [1.165, 1.54) is 42.0 Å². The fourth-order valence-corrected chi connectivity index (χ4v) is 5.32. The van der Waals surface area contributed by atoms with Crippen molar-refractivity contribution in [2.75, 3.05) is 10.6 Å². The molecule has 4 N–H and O–H groups in total. The number of phenolic OH excluding ortho intramolecular Hbond substituents is 2. The van der Waals surface area contributed by atoms with Crippen molar-refractivity contribution in [1.82, 2.24) is 0 Å². The number of carbonyl (C=O) groups is 2. The lowest BCUT2D eigenvalue weighted by atomic mass is 10.2. The van der Waals surface area contributed by atoms with E-state index in [4.69, 9.17) is 19.7 Å². The maximum Gasteiger partial charge on any atom is 0.255 e. The minimum atomic E-state index is -0.268. The first-order valence-corrected chi connectivity index (χ1v) is 18.8. The van der Waals surface area contributed by atoms with Crippen molar-refractivity contribution in [3.05, 3.63) is 216 Å². The van der Waals surface area contributed by atoms with Gasteiger partial charge in [0.05, 0.1) is 0 Å². The van der Waals surface area contributed by atoms with Crippen LogP contribution in [0.1, 0.15) is 37.4 Å². The number of benzene rings is 7. The summed E-state index contributed by atoms with van der Waals surface area (Å²) < 4.78 is 11.5. The van der Waals surface area contributed by atoms with Crippen molar-refractivity contribution >= 4 is 39.1 Å². The maximum absolute atomic E-state index is 12.5. The second-order valence-electron chi connectivity index (χ2n) is 12.2. The van der Waals surface area contributed by atoms with Crippen LogP contribution in [0.3, 0.4) is 0 Å². The van der Waals surface area contributed by atoms with Gasteiger partial charge in [0, 0.05) is 27.8 Å². The highest BCUT2D eigenvalue weighted by Gasteiger charge is 2.08. The number of alkyl halides is 1. The van der Waals surface area contributed by atoms with E-state index in [1.807, 2.05) is 103 Å². The minimum absolute atomic E-state index is 0.117. The predicted octanol–water partition coefficient (Wildman–Crippen LogP) is 11.0. The summed E-state index contributed by atoms with van der Waals surface area (Å²) in [6.07, 6.45) is 0. The zero-order valence-electron chi connectivity index (χ0n) is 30.4. The number of aromatic hydroxyl groups is 2. The van der Waals surface area contributed by atoms with Crippen LogP contribution in [0.5, 0.6) is 23.0 Å². The molecule has 0 aromatic heterocycles. The molecule has 0 aliphatic carbocycles. The summed E-state index contributed by atoms with van der Waals surface area (Å²) in [7, 11) is 0. The van der Waals surface area contributed by atoms with Gasteiger partial charge in [-0.25, -0.2) is 0 Å². The van der Waals surface area contributed by atoms with Crippen LogP contribution < -0.4 is 20.1 Å². The summed E-state index contributed by atoms with van der Waals surface area (Å²) in [5, 5.41) is 24.7. The highest BCUT2D eigenvalue weighted by atomic mass is 79.9. The number of ether oxygens (including phenoxy) is 2. The van der Waals surface area contributed by atoms with Gasteiger partial charge in [0.25, 0.3) is 11.8 Å². The van der Waals surface area contributed by atoms with Crippen molar-refractivity contribution in [2.45, 2.75) is 18.5 Å². The number of hydrogen-bond acceptors (Lipinski definition) is 6. The van der Waals surface area contributed by atoms with Crippen molar-refractivity contribution < 1.29 is 29.3 Å². The monoisotopic (exact) mass is 808 g/mol. The molecular weight excluding hydrogens is 768 g/mol. The van der Waals surface area contributed by atoms with Crippen LogP contribution in [-0.2, 0) is 18.5 Å². The number of amides is 2. The first-order chi connectivity index (χ1) is 27.3. The number of halogens is 1. The van der Waals surface area contributed by atoms with Crippen LogP contribution in [0.15, 0.2) is 188 Å². The third-order valence-corrected chi connectivity index (χ3v) is 8.62. The van der Waals surface area contributed by atoms with Gasteiger partial charge >= 0.3 is 0 Å². The summed E-state index contributed by atoms with van der Waals surface area (Å²) >= 11 is 3.36. The molecule has 9 heteroatoms. The molecule has 0 bridgehead atoms. The predicted molar refractivity (Wildman–Crippen MR) is 226 cm³/mol. The van der Waals surface area contributed by atoms with Crippen molar-refractivity contribution in [2.24, 2.45) is 0 Å². The Balaban J connectivity index is 0.000000199. The summed E-state index contributed by atoms with van der Waals surface area (Å²) in [6.45, 7) is 0.996. The van der Waals surface area contributed by atoms with Gasteiger partial charge in [-0.05, 0) is 114 Å². The summed E-state index contributed by atoms with van der Waals surface area (Å²) in [6, 6.07) is 56.9. The van der Waals surface area contributed by atoms with Gasteiger partial charge in [0.15, 0.2) is 0 Å². The highest BCUT2D eigenvalue weighted by molar-refractivity contribution is 9.08. The van der Waals surface area contributed by atoms with E-state index < -0.39 is 0 Å². The number of anilines is 2. The smallest absolute Gasteiger partial charge is 0.255 e.